The van der Waals surface area contributed by atoms with Crippen LogP contribution in [0.4, 0.5) is 23.2 Å². The van der Waals surface area contributed by atoms with Gasteiger partial charge in [-0.2, -0.15) is 13.2 Å². The molecule has 7 nitrogen and oxygen atoms in total. The average Bonchev–Trinajstić information content (AvgIpc) is 2.68. The molecule has 0 aromatic heterocycles. The Morgan fingerprint density at radius 3 is 2.35 bits per heavy atom. The van der Waals surface area contributed by atoms with E-state index in [1.165, 1.54) is 0 Å². The molecule has 0 saturated carbocycles. The summed E-state index contributed by atoms with van der Waals surface area (Å²) in [7, 11) is -2.89. The minimum absolute atomic E-state index is 0.211. The van der Waals surface area contributed by atoms with Gasteiger partial charge < -0.3 is 10.1 Å². The number of rotatable bonds is 6. The first kappa shape index (κ1) is 24.6. The predicted molar refractivity (Wildman–Crippen MR) is 103 cm³/mol. The number of alkyl halides is 3. The summed E-state index contributed by atoms with van der Waals surface area (Å²) in [6, 6.07) is 4.98. The fourth-order valence-electron chi connectivity index (χ4n) is 2.32. The number of ether oxygens (including phenoxy) is 1. The van der Waals surface area contributed by atoms with Gasteiger partial charge in [-0.05, 0) is 50.4 Å². The molecular formula is C18H15ClF4N2O5S. The largest absolute Gasteiger partial charge is 0.449 e. The Morgan fingerprint density at radius 1 is 1.13 bits per heavy atom. The van der Waals surface area contributed by atoms with Gasteiger partial charge in [-0.25, -0.2) is 22.3 Å². The lowest BCUT2D eigenvalue weighted by molar-refractivity contribution is -0.137. The summed E-state index contributed by atoms with van der Waals surface area (Å²) in [4.78, 5) is 24.0. The molecule has 2 aromatic carbocycles. The zero-order chi connectivity index (χ0) is 23.6. The first-order chi connectivity index (χ1) is 14.3. The highest BCUT2D eigenvalue weighted by Gasteiger charge is 2.35. The number of halogens is 5. The standard InChI is InChI=1S/C18H15ClF4N2O5S/c1-9(16(26)25-15-6-3-10(19)7-13(15)18(21,22)23)30-17(27)12-8-11(4-5-14(12)20)31(28,29)24-2/h3-9,24H,1-2H3,(H,25,26). The van der Waals surface area contributed by atoms with E-state index >= 15 is 0 Å². The Labute approximate surface area is 179 Å². The number of hydrogen-bond donors (Lipinski definition) is 2. The van der Waals surface area contributed by atoms with Crippen molar-refractivity contribution in [1.29, 1.82) is 0 Å². The van der Waals surface area contributed by atoms with Crippen LogP contribution < -0.4 is 10.0 Å². The van der Waals surface area contributed by atoms with Crippen LogP contribution >= 0.6 is 11.6 Å². The van der Waals surface area contributed by atoms with E-state index in [1.807, 2.05) is 10.0 Å². The Hall–Kier alpha value is -2.70. The van der Waals surface area contributed by atoms with Crippen molar-refractivity contribution in [2.75, 3.05) is 12.4 Å². The van der Waals surface area contributed by atoms with Gasteiger partial charge in [-0.3, -0.25) is 4.79 Å². The van der Waals surface area contributed by atoms with Crippen LogP contribution in [0.25, 0.3) is 0 Å². The van der Waals surface area contributed by atoms with E-state index in [0.29, 0.717) is 12.1 Å². The SMILES string of the molecule is CNS(=O)(=O)c1ccc(F)c(C(=O)OC(C)C(=O)Nc2ccc(Cl)cc2C(F)(F)F)c1. The molecule has 1 amide bonds. The molecule has 0 heterocycles. The van der Waals surface area contributed by atoms with Crippen LogP contribution in [0.15, 0.2) is 41.3 Å². The number of anilines is 1. The van der Waals surface area contributed by atoms with Gasteiger partial charge in [-0.15, -0.1) is 0 Å². The summed E-state index contributed by atoms with van der Waals surface area (Å²) in [6.45, 7) is 1.04. The summed E-state index contributed by atoms with van der Waals surface area (Å²) in [5, 5.41) is 1.75. The van der Waals surface area contributed by atoms with Crippen LogP contribution in [0, 0.1) is 5.82 Å². The monoisotopic (exact) mass is 482 g/mol. The molecular weight excluding hydrogens is 468 g/mol. The van der Waals surface area contributed by atoms with E-state index in [-0.39, 0.29) is 5.02 Å². The maximum atomic E-state index is 14.0. The van der Waals surface area contributed by atoms with Gasteiger partial charge in [0.1, 0.15) is 5.82 Å². The van der Waals surface area contributed by atoms with Crippen molar-refractivity contribution in [1.82, 2.24) is 4.72 Å². The molecule has 0 bridgehead atoms. The van der Waals surface area contributed by atoms with Crippen LogP contribution in [0.3, 0.4) is 0 Å². The van der Waals surface area contributed by atoms with E-state index in [4.69, 9.17) is 16.3 Å². The highest BCUT2D eigenvalue weighted by molar-refractivity contribution is 7.89. The van der Waals surface area contributed by atoms with Crippen LogP contribution in [0.1, 0.15) is 22.8 Å². The number of sulfonamides is 1. The third kappa shape index (κ3) is 5.93. The van der Waals surface area contributed by atoms with Crippen molar-refractivity contribution in [2.45, 2.75) is 24.1 Å². The van der Waals surface area contributed by atoms with Crippen molar-refractivity contribution < 1.29 is 40.3 Å². The fraction of sp³-hybridized carbons (Fsp3) is 0.222. The van der Waals surface area contributed by atoms with Gasteiger partial charge in [0.05, 0.1) is 21.7 Å². The first-order valence-electron chi connectivity index (χ1n) is 8.38. The van der Waals surface area contributed by atoms with E-state index in [2.05, 4.69) is 0 Å². The number of nitrogens with one attached hydrogen (secondary N) is 2. The molecule has 1 unspecified atom stereocenters. The molecule has 13 heteroatoms. The van der Waals surface area contributed by atoms with E-state index in [0.717, 1.165) is 38.2 Å². The van der Waals surface area contributed by atoms with Crippen molar-refractivity contribution in [3.8, 4) is 0 Å². The molecule has 2 rings (SSSR count). The normalized spacial score (nSPS) is 12.9. The maximum Gasteiger partial charge on any atom is 0.418 e. The van der Waals surface area contributed by atoms with E-state index < -0.39 is 61.7 Å². The van der Waals surface area contributed by atoms with Crippen LogP contribution in [0.5, 0.6) is 0 Å². The quantitative estimate of drug-likeness (QED) is 0.484. The van der Waals surface area contributed by atoms with Crippen molar-refractivity contribution in [3.63, 3.8) is 0 Å². The number of esters is 1. The molecule has 0 aliphatic carbocycles. The molecule has 31 heavy (non-hydrogen) atoms. The van der Waals surface area contributed by atoms with Gasteiger partial charge in [0.15, 0.2) is 6.10 Å². The molecule has 0 aliphatic heterocycles. The molecule has 0 aliphatic rings. The summed E-state index contributed by atoms with van der Waals surface area (Å²) in [6.07, 6.45) is -6.47. The average molecular weight is 483 g/mol. The van der Waals surface area contributed by atoms with Crippen molar-refractivity contribution in [2.24, 2.45) is 0 Å². The minimum atomic E-state index is -4.82. The topological polar surface area (TPSA) is 102 Å². The van der Waals surface area contributed by atoms with Gasteiger partial charge in [0.2, 0.25) is 10.0 Å². The van der Waals surface area contributed by atoms with Crippen LogP contribution in [0.2, 0.25) is 5.02 Å². The Morgan fingerprint density at radius 2 is 1.77 bits per heavy atom. The van der Waals surface area contributed by atoms with Crippen molar-refractivity contribution >= 4 is 39.2 Å². The molecule has 0 spiro atoms. The lowest BCUT2D eigenvalue weighted by Crippen LogP contribution is -2.31. The van der Waals surface area contributed by atoms with E-state index in [9.17, 15) is 35.6 Å². The minimum Gasteiger partial charge on any atom is -0.449 e. The summed E-state index contributed by atoms with van der Waals surface area (Å²) >= 11 is 5.56. The lowest BCUT2D eigenvalue weighted by Gasteiger charge is -2.17. The summed E-state index contributed by atoms with van der Waals surface area (Å²) in [5.74, 6) is -3.65. The number of benzene rings is 2. The molecule has 2 N–H and O–H groups in total. The second-order valence-corrected chi connectivity index (χ2v) is 8.40. The van der Waals surface area contributed by atoms with Gasteiger partial charge >= 0.3 is 12.1 Å². The Kier molecular flexibility index (Phi) is 7.29. The zero-order valence-electron chi connectivity index (χ0n) is 15.9. The predicted octanol–water partition coefficient (Wildman–Crippen LogP) is 3.59. The number of amides is 1. The number of hydrogen-bond acceptors (Lipinski definition) is 5. The zero-order valence-corrected chi connectivity index (χ0v) is 17.5. The highest BCUT2D eigenvalue weighted by atomic mass is 35.5. The van der Waals surface area contributed by atoms with Gasteiger partial charge in [0.25, 0.3) is 5.91 Å². The molecule has 168 valence electrons. The Bertz CT molecular complexity index is 1120. The Balaban J connectivity index is 2.21. The van der Waals surface area contributed by atoms with Crippen LogP contribution in [-0.4, -0.2) is 33.4 Å². The van der Waals surface area contributed by atoms with Gasteiger partial charge in [0, 0.05) is 5.02 Å². The maximum absolute atomic E-state index is 14.0. The van der Waals surface area contributed by atoms with Crippen LogP contribution in [-0.2, 0) is 25.7 Å². The van der Waals surface area contributed by atoms with Crippen molar-refractivity contribution in [3.05, 3.63) is 58.4 Å². The summed E-state index contributed by atoms with van der Waals surface area (Å²) in [5.41, 5.74) is -2.63. The molecule has 0 fully saturated rings. The van der Waals surface area contributed by atoms with E-state index in [1.54, 1.807) is 0 Å². The smallest absolute Gasteiger partial charge is 0.418 e. The lowest BCUT2D eigenvalue weighted by atomic mass is 10.1. The second-order valence-electron chi connectivity index (χ2n) is 6.07. The number of carbonyl (C=O) groups excluding carboxylic acids is 2. The third-order valence-electron chi connectivity index (χ3n) is 3.93. The van der Waals surface area contributed by atoms with Gasteiger partial charge in [-0.1, -0.05) is 11.6 Å². The fourth-order valence-corrected chi connectivity index (χ4v) is 3.25. The highest BCUT2D eigenvalue weighted by Crippen LogP contribution is 2.36. The molecule has 2 aromatic rings. The molecule has 1 atom stereocenters. The first-order valence-corrected chi connectivity index (χ1v) is 10.2. The third-order valence-corrected chi connectivity index (χ3v) is 5.58. The second kappa shape index (κ2) is 9.20. The summed E-state index contributed by atoms with van der Waals surface area (Å²) < 4.78 is 83.7. The molecule has 0 saturated heterocycles. The number of carbonyl (C=O) groups is 2. The molecule has 0 radical (unpaired) electrons.